The molecule has 5 N–H and O–H groups in total. The van der Waals surface area contributed by atoms with Crippen LogP contribution < -0.4 is 16.4 Å². The lowest BCUT2D eigenvalue weighted by molar-refractivity contribution is -0.138. The number of carboxylic acid groups (broad SMARTS) is 1. The first-order valence-corrected chi connectivity index (χ1v) is 7.30. The summed E-state index contributed by atoms with van der Waals surface area (Å²) in [4.78, 5) is 33.3. The topological polar surface area (TPSA) is 135 Å². The summed E-state index contributed by atoms with van der Waals surface area (Å²) in [5, 5.41) is 13.2. The standard InChI is InChI=1S/C12H17N3O5S/c13-9(11(17)18)3-5-21-7-10(16)15-12(19)14-6-8-2-1-4-20-8/h1-2,4,9H,3,5-7,13H2,(H,17,18)(H2,14,15,16,19). The number of rotatable bonds is 8. The molecule has 1 atom stereocenters. The number of furan rings is 1. The van der Waals surface area contributed by atoms with E-state index in [9.17, 15) is 14.4 Å². The average molecular weight is 315 g/mol. The summed E-state index contributed by atoms with van der Waals surface area (Å²) >= 11 is 1.21. The zero-order valence-corrected chi connectivity index (χ0v) is 12.0. The molecule has 1 unspecified atom stereocenters. The number of carbonyl (C=O) groups excluding carboxylic acids is 2. The van der Waals surface area contributed by atoms with Gasteiger partial charge in [0, 0.05) is 0 Å². The molecular formula is C12H17N3O5S. The molecule has 1 rings (SSSR count). The fourth-order valence-corrected chi connectivity index (χ4v) is 2.11. The number of carbonyl (C=O) groups is 3. The lowest BCUT2D eigenvalue weighted by atomic mass is 10.2. The third-order valence-corrected chi connectivity index (χ3v) is 3.37. The highest BCUT2D eigenvalue weighted by molar-refractivity contribution is 7.99. The Morgan fingerprint density at radius 1 is 1.43 bits per heavy atom. The average Bonchev–Trinajstić information content (AvgIpc) is 2.94. The van der Waals surface area contributed by atoms with Gasteiger partial charge in [0.2, 0.25) is 5.91 Å². The van der Waals surface area contributed by atoms with E-state index in [2.05, 4.69) is 10.6 Å². The highest BCUT2D eigenvalue weighted by atomic mass is 32.2. The second-order valence-corrected chi connectivity index (χ2v) is 5.20. The number of aliphatic carboxylic acids is 1. The van der Waals surface area contributed by atoms with Gasteiger partial charge in [0.15, 0.2) is 0 Å². The molecule has 0 saturated carbocycles. The first-order chi connectivity index (χ1) is 9.99. The van der Waals surface area contributed by atoms with Crippen molar-refractivity contribution in [1.29, 1.82) is 0 Å². The molecule has 0 spiro atoms. The van der Waals surface area contributed by atoms with Crippen LogP contribution in [0.2, 0.25) is 0 Å². The molecule has 1 heterocycles. The van der Waals surface area contributed by atoms with Crippen molar-refractivity contribution >= 4 is 29.7 Å². The lowest BCUT2D eigenvalue weighted by Gasteiger charge is -2.07. The second-order valence-electron chi connectivity index (χ2n) is 4.10. The van der Waals surface area contributed by atoms with Crippen molar-refractivity contribution in [3.05, 3.63) is 24.2 Å². The number of imide groups is 1. The van der Waals surface area contributed by atoms with Crippen LogP contribution in [-0.4, -0.2) is 40.6 Å². The van der Waals surface area contributed by atoms with Gasteiger partial charge in [0.1, 0.15) is 11.8 Å². The minimum atomic E-state index is -1.07. The number of amides is 3. The van der Waals surface area contributed by atoms with E-state index >= 15 is 0 Å². The van der Waals surface area contributed by atoms with Crippen molar-refractivity contribution in [2.75, 3.05) is 11.5 Å². The van der Waals surface area contributed by atoms with Gasteiger partial charge in [0.25, 0.3) is 0 Å². The Hall–Kier alpha value is -2.00. The summed E-state index contributed by atoms with van der Waals surface area (Å²) in [6.07, 6.45) is 1.75. The fraction of sp³-hybridized carbons (Fsp3) is 0.417. The maximum atomic E-state index is 11.4. The zero-order chi connectivity index (χ0) is 15.7. The van der Waals surface area contributed by atoms with E-state index in [1.807, 2.05) is 0 Å². The van der Waals surface area contributed by atoms with Gasteiger partial charge in [-0.15, -0.1) is 0 Å². The van der Waals surface area contributed by atoms with Gasteiger partial charge in [-0.25, -0.2) is 4.79 Å². The third kappa shape index (κ3) is 7.37. The zero-order valence-electron chi connectivity index (χ0n) is 11.2. The Bertz CT molecular complexity index is 477. The Morgan fingerprint density at radius 3 is 2.81 bits per heavy atom. The molecule has 0 aliphatic carbocycles. The number of hydrogen-bond acceptors (Lipinski definition) is 6. The Kier molecular flexibility index (Phi) is 7.33. The van der Waals surface area contributed by atoms with E-state index in [1.54, 1.807) is 12.1 Å². The van der Waals surface area contributed by atoms with Gasteiger partial charge in [-0.2, -0.15) is 11.8 Å². The van der Waals surface area contributed by atoms with E-state index in [0.717, 1.165) is 0 Å². The molecule has 1 aromatic rings. The van der Waals surface area contributed by atoms with Crippen molar-refractivity contribution in [2.24, 2.45) is 5.73 Å². The molecule has 8 nitrogen and oxygen atoms in total. The van der Waals surface area contributed by atoms with Crippen LogP contribution in [0.15, 0.2) is 22.8 Å². The smallest absolute Gasteiger partial charge is 0.321 e. The molecule has 116 valence electrons. The quantitative estimate of drug-likeness (QED) is 0.501. The third-order valence-electron chi connectivity index (χ3n) is 2.38. The summed E-state index contributed by atoms with van der Waals surface area (Å²) in [6, 6.07) is 1.85. The van der Waals surface area contributed by atoms with Crippen LogP contribution in [-0.2, 0) is 16.1 Å². The van der Waals surface area contributed by atoms with Crippen LogP contribution in [0.1, 0.15) is 12.2 Å². The first-order valence-electron chi connectivity index (χ1n) is 6.15. The van der Waals surface area contributed by atoms with Crippen LogP contribution in [0.3, 0.4) is 0 Å². The van der Waals surface area contributed by atoms with E-state index in [4.69, 9.17) is 15.3 Å². The predicted octanol–water partition coefficient (Wildman–Crippen LogP) is 0.141. The molecule has 0 radical (unpaired) electrons. The van der Waals surface area contributed by atoms with Crippen molar-refractivity contribution in [3.63, 3.8) is 0 Å². The highest BCUT2D eigenvalue weighted by Crippen LogP contribution is 2.04. The minimum absolute atomic E-state index is 0.0561. The molecular weight excluding hydrogens is 298 g/mol. The summed E-state index contributed by atoms with van der Waals surface area (Å²) in [7, 11) is 0. The number of nitrogens with two attached hydrogens (primary N) is 1. The minimum Gasteiger partial charge on any atom is -0.480 e. The molecule has 0 aliphatic heterocycles. The molecule has 0 aromatic carbocycles. The molecule has 9 heteroatoms. The number of carboxylic acids is 1. The van der Waals surface area contributed by atoms with E-state index in [0.29, 0.717) is 11.5 Å². The van der Waals surface area contributed by atoms with E-state index < -0.39 is 23.9 Å². The number of urea groups is 1. The van der Waals surface area contributed by atoms with E-state index in [-0.39, 0.29) is 18.7 Å². The number of nitrogens with one attached hydrogen (secondary N) is 2. The lowest BCUT2D eigenvalue weighted by Crippen LogP contribution is -2.40. The molecule has 0 aliphatic rings. The Balaban J connectivity index is 2.10. The molecule has 0 fully saturated rings. The van der Waals surface area contributed by atoms with Crippen LogP contribution >= 0.6 is 11.8 Å². The van der Waals surface area contributed by atoms with Gasteiger partial charge in [-0.3, -0.25) is 14.9 Å². The Labute approximate surface area is 125 Å². The summed E-state index contributed by atoms with van der Waals surface area (Å²) in [5.74, 6) is -0.470. The van der Waals surface area contributed by atoms with Crippen molar-refractivity contribution in [2.45, 2.75) is 19.0 Å². The van der Waals surface area contributed by atoms with Crippen LogP contribution in [0, 0.1) is 0 Å². The van der Waals surface area contributed by atoms with Crippen LogP contribution in [0.25, 0.3) is 0 Å². The highest BCUT2D eigenvalue weighted by Gasteiger charge is 2.12. The molecule has 0 bridgehead atoms. The van der Waals surface area contributed by atoms with E-state index in [1.165, 1.54) is 18.0 Å². The normalized spacial score (nSPS) is 11.7. The summed E-state index contributed by atoms with van der Waals surface area (Å²) in [6.45, 7) is 0.187. The van der Waals surface area contributed by atoms with Crippen LogP contribution in [0.5, 0.6) is 0 Å². The summed E-state index contributed by atoms with van der Waals surface area (Å²) in [5.41, 5.74) is 5.31. The number of hydrogen-bond donors (Lipinski definition) is 4. The summed E-state index contributed by atoms with van der Waals surface area (Å²) < 4.78 is 5.02. The largest absolute Gasteiger partial charge is 0.480 e. The van der Waals surface area contributed by atoms with Gasteiger partial charge in [0.05, 0.1) is 18.6 Å². The monoisotopic (exact) mass is 315 g/mol. The number of thioether (sulfide) groups is 1. The van der Waals surface area contributed by atoms with Crippen molar-refractivity contribution in [1.82, 2.24) is 10.6 Å². The van der Waals surface area contributed by atoms with Gasteiger partial charge in [-0.1, -0.05) is 0 Å². The SMILES string of the molecule is NC(CCSCC(=O)NC(=O)NCc1ccco1)C(=O)O. The van der Waals surface area contributed by atoms with Gasteiger partial charge >= 0.3 is 12.0 Å². The van der Waals surface area contributed by atoms with Crippen LogP contribution in [0.4, 0.5) is 4.79 Å². The maximum absolute atomic E-state index is 11.4. The Morgan fingerprint density at radius 2 is 2.19 bits per heavy atom. The maximum Gasteiger partial charge on any atom is 0.321 e. The molecule has 0 saturated heterocycles. The molecule has 3 amide bonds. The molecule has 21 heavy (non-hydrogen) atoms. The second kappa shape index (κ2) is 9.03. The van der Waals surface area contributed by atoms with Gasteiger partial charge < -0.3 is 20.6 Å². The van der Waals surface area contributed by atoms with Crippen molar-refractivity contribution in [3.8, 4) is 0 Å². The molecule has 1 aromatic heterocycles. The predicted molar refractivity (Wildman–Crippen MR) is 76.6 cm³/mol. The van der Waals surface area contributed by atoms with Crippen molar-refractivity contribution < 1.29 is 23.9 Å². The fourth-order valence-electron chi connectivity index (χ4n) is 1.29. The van der Waals surface area contributed by atoms with Gasteiger partial charge in [-0.05, 0) is 24.3 Å². The first kappa shape index (κ1) is 17.1.